The number of amides is 1. The van der Waals surface area contributed by atoms with Gasteiger partial charge in [-0.25, -0.2) is 10.4 Å². The van der Waals surface area contributed by atoms with Crippen LogP contribution in [0.15, 0.2) is 41.9 Å². The zero-order chi connectivity index (χ0) is 15.9. The lowest BCUT2D eigenvalue weighted by atomic mass is 10.1. The van der Waals surface area contributed by atoms with E-state index in [0.717, 1.165) is 5.56 Å². The summed E-state index contributed by atoms with van der Waals surface area (Å²) in [6.07, 6.45) is 4.31. The van der Waals surface area contributed by atoms with Gasteiger partial charge >= 0.3 is 0 Å². The van der Waals surface area contributed by atoms with Crippen LogP contribution in [0.1, 0.15) is 23.0 Å². The van der Waals surface area contributed by atoms with Gasteiger partial charge in [0.15, 0.2) is 11.5 Å². The molecular weight excluding hydrogens is 284 g/mol. The van der Waals surface area contributed by atoms with Crippen molar-refractivity contribution in [3.63, 3.8) is 0 Å². The summed E-state index contributed by atoms with van der Waals surface area (Å²) in [5.41, 5.74) is 4.06. The molecule has 1 heterocycles. The topological polar surface area (TPSA) is 85.7 Å². The molecule has 22 heavy (non-hydrogen) atoms. The molecule has 7 nitrogen and oxygen atoms in total. The number of hydrogen-bond donors (Lipinski definition) is 1. The number of nitrogens with one attached hydrogen (secondary N) is 1. The molecule has 0 aliphatic rings. The Morgan fingerprint density at radius 1 is 1.18 bits per heavy atom. The maximum atomic E-state index is 11.8. The van der Waals surface area contributed by atoms with Crippen LogP contribution in [0.2, 0.25) is 0 Å². The summed E-state index contributed by atoms with van der Waals surface area (Å²) in [6.45, 7) is 1.78. The minimum absolute atomic E-state index is 0.200. The van der Waals surface area contributed by atoms with Gasteiger partial charge in [0.2, 0.25) is 0 Å². The second-order valence-corrected chi connectivity index (χ2v) is 4.30. The van der Waals surface area contributed by atoms with E-state index < -0.39 is 5.91 Å². The molecule has 0 fully saturated rings. The molecule has 114 valence electrons. The molecule has 1 N–H and O–H groups in total. The van der Waals surface area contributed by atoms with Crippen LogP contribution in [0.5, 0.6) is 11.5 Å². The molecule has 0 atom stereocenters. The Bertz CT molecular complexity index is 686. The minimum atomic E-state index is -0.423. The Balaban J connectivity index is 2.14. The number of ether oxygens (including phenoxy) is 2. The van der Waals surface area contributed by atoms with Crippen molar-refractivity contribution in [2.45, 2.75) is 6.92 Å². The third-order valence-electron chi connectivity index (χ3n) is 2.92. The van der Waals surface area contributed by atoms with Gasteiger partial charge in [-0.1, -0.05) is 0 Å². The maximum Gasteiger partial charge on any atom is 0.291 e. The quantitative estimate of drug-likeness (QED) is 0.670. The molecule has 0 aliphatic heterocycles. The van der Waals surface area contributed by atoms with E-state index in [1.807, 2.05) is 6.07 Å². The molecule has 2 rings (SSSR count). The second-order valence-electron chi connectivity index (χ2n) is 4.30. The van der Waals surface area contributed by atoms with Gasteiger partial charge in [0.05, 0.1) is 26.1 Å². The number of hydrazone groups is 1. The molecular formula is C15H16N4O3. The molecule has 0 saturated heterocycles. The fourth-order valence-electron chi connectivity index (χ4n) is 1.73. The van der Waals surface area contributed by atoms with E-state index in [-0.39, 0.29) is 5.69 Å². The molecule has 0 radical (unpaired) electrons. The van der Waals surface area contributed by atoms with E-state index in [2.05, 4.69) is 20.5 Å². The Labute approximate surface area is 128 Å². The Morgan fingerprint density at radius 3 is 2.59 bits per heavy atom. The minimum Gasteiger partial charge on any atom is -0.493 e. The van der Waals surface area contributed by atoms with Gasteiger partial charge in [-0.3, -0.25) is 9.78 Å². The molecule has 1 aromatic carbocycles. The predicted octanol–water partition coefficient (Wildman–Crippen LogP) is 1.65. The van der Waals surface area contributed by atoms with Crippen molar-refractivity contribution < 1.29 is 14.3 Å². The number of nitrogens with zero attached hydrogens (tertiary/aromatic N) is 3. The summed E-state index contributed by atoms with van der Waals surface area (Å²) >= 11 is 0. The van der Waals surface area contributed by atoms with Crippen molar-refractivity contribution in [1.29, 1.82) is 0 Å². The van der Waals surface area contributed by atoms with E-state index >= 15 is 0 Å². The van der Waals surface area contributed by atoms with Crippen molar-refractivity contribution in [3.05, 3.63) is 48.0 Å². The first-order chi connectivity index (χ1) is 10.7. The maximum absolute atomic E-state index is 11.8. The number of aromatic nitrogens is 2. The SMILES string of the molecule is COc1ccc(/C(C)=N\NC(=O)c2cnccn2)cc1OC. The largest absolute Gasteiger partial charge is 0.493 e. The highest BCUT2D eigenvalue weighted by Crippen LogP contribution is 2.27. The van der Waals surface area contributed by atoms with Crippen LogP contribution in [-0.2, 0) is 0 Å². The van der Waals surface area contributed by atoms with Crippen LogP contribution in [0.3, 0.4) is 0 Å². The molecule has 2 aromatic rings. The van der Waals surface area contributed by atoms with Crippen molar-refractivity contribution in [3.8, 4) is 11.5 Å². The first-order valence-corrected chi connectivity index (χ1v) is 6.48. The lowest BCUT2D eigenvalue weighted by Gasteiger charge is -2.09. The van der Waals surface area contributed by atoms with Crippen LogP contribution in [-0.4, -0.2) is 35.8 Å². The number of carbonyl (C=O) groups is 1. The number of methoxy groups -OCH3 is 2. The summed E-state index contributed by atoms with van der Waals surface area (Å²) in [5, 5.41) is 4.05. The van der Waals surface area contributed by atoms with Crippen molar-refractivity contribution >= 4 is 11.6 Å². The van der Waals surface area contributed by atoms with Gasteiger partial charge in [-0.15, -0.1) is 0 Å². The average molecular weight is 300 g/mol. The van der Waals surface area contributed by atoms with Crippen LogP contribution in [0.4, 0.5) is 0 Å². The van der Waals surface area contributed by atoms with Crippen LogP contribution in [0, 0.1) is 0 Å². The third-order valence-corrected chi connectivity index (χ3v) is 2.92. The summed E-state index contributed by atoms with van der Waals surface area (Å²) in [4.78, 5) is 19.6. The van der Waals surface area contributed by atoms with Gasteiger partial charge in [0, 0.05) is 18.0 Å². The molecule has 0 saturated carbocycles. The lowest BCUT2D eigenvalue weighted by Crippen LogP contribution is -2.20. The average Bonchev–Trinajstić information content (AvgIpc) is 2.59. The standard InChI is InChI=1S/C15H16N4O3/c1-10(11-4-5-13(21-2)14(8-11)22-3)18-19-15(20)12-9-16-6-7-17-12/h4-9H,1-3H3,(H,19,20)/b18-10-. The highest BCUT2D eigenvalue weighted by Gasteiger charge is 2.08. The van der Waals surface area contributed by atoms with Crippen LogP contribution < -0.4 is 14.9 Å². The highest BCUT2D eigenvalue weighted by atomic mass is 16.5. The summed E-state index contributed by atoms with van der Waals surface area (Å²) < 4.78 is 10.4. The molecule has 0 spiro atoms. The summed E-state index contributed by atoms with van der Waals surface area (Å²) in [7, 11) is 3.13. The first-order valence-electron chi connectivity index (χ1n) is 6.48. The summed E-state index contributed by atoms with van der Waals surface area (Å²) in [5.74, 6) is 0.797. The lowest BCUT2D eigenvalue weighted by molar-refractivity contribution is 0.0949. The van der Waals surface area contributed by atoms with Gasteiger partial charge in [-0.05, 0) is 25.1 Å². The Morgan fingerprint density at radius 2 is 1.95 bits per heavy atom. The third kappa shape index (κ3) is 3.57. The smallest absolute Gasteiger partial charge is 0.291 e. The molecule has 7 heteroatoms. The fraction of sp³-hybridized carbons (Fsp3) is 0.200. The Kier molecular flexibility index (Phi) is 5.02. The zero-order valence-electron chi connectivity index (χ0n) is 12.5. The van der Waals surface area contributed by atoms with E-state index in [1.54, 1.807) is 33.3 Å². The highest BCUT2D eigenvalue weighted by molar-refractivity contribution is 6.00. The van der Waals surface area contributed by atoms with E-state index in [4.69, 9.17) is 9.47 Å². The van der Waals surface area contributed by atoms with Gasteiger partial charge in [-0.2, -0.15) is 5.10 Å². The van der Waals surface area contributed by atoms with Crippen LogP contribution in [0.25, 0.3) is 0 Å². The monoisotopic (exact) mass is 300 g/mol. The second kappa shape index (κ2) is 7.16. The summed E-state index contributed by atoms with van der Waals surface area (Å²) in [6, 6.07) is 5.39. The van der Waals surface area contributed by atoms with Gasteiger partial charge in [0.25, 0.3) is 5.91 Å². The molecule has 0 aliphatic carbocycles. The molecule has 1 aromatic heterocycles. The van der Waals surface area contributed by atoms with E-state index in [9.17, 15) is 4.79 Å². The fourth-order valence-corrected chi connectivity index (χ4v) is 1.73. The van der Waals surface area contributed by atoms with E-state index in [0.29, 0.717) is 17.2 Å². The number of hydrogen-bond acceptors (Lipinski definition) is 6. The normalized spacial score (nSPS) is 11.0. The van der Waals surface area contributed by atoms with Crippen LogP contribution >= 0.6 is 0 Å². The molecule has 1 amide bonds. The zero-order valence-corrected chi connectivity index (χ0v) is 12.5. The van der Waals surface area contributed by atoms with Crippen molar-refractivity contribution in [2.75, 3.05) is 14.2 Å². The van der Waals surface area contributed by atoms with Crippen molar-refractivity contribution in [2.24, 2.45) is 5.10 Å². The van der Waals surface area contributed by atoms with E-state index in [1.165, 1.54) is 18.6 Å². The molecule has 0 bridgehead atoms. The number of benzene rings is 1. The van der Waals surface area contributed by atoms with Gasteiger partial charge in [0.1, 0.15) is 5.69 Å². The van der Waals surface area contributed by atoms with Crippen molar-refractivity contribution in [1.82, 2.24) is 15.4 Å². The number of rotatable bonds is 5. The first kappa shape index (κ1) is 15.4. The number of carbonyl (C=O) groups excluding carboxylic acids is 1. The predicted molar refractivity (Wildman–Crippen MR) is 81.3 cm³/mol. The van der Waals surface area contributed by atoms with Gasteiger partial charge < -0.3 is 9.47 Å². The Hall–Kier alpha value is -2.96. The molecule has 0 unspecified atom stereocenters.